The van der Waals surface area contributed by atoms with Crippen molar-refractivity contribution in [2.24, 2.45) is 5.10 Å². The van der Waals surface area contributed by atoms with Crippen LogP contribution in [0.5, 0.6) is 5.75 Å². The second-order valence-electron chi connectivity index (χ2n) is 5.58. The summed E-state index contributed by atoms with van der Waals surface area (Å²) < 4.78 is 40.5. The summed E-state index contributed by atoms with van der Waals surface area (Å²) in [4.78, 5) is 12.2. The zero-order chi connectivity index (χ0) is 19.4. The average Bonchev–Trinajstić information content (AvgIpc) is 2.64. The third-order valence-corrected chi connectivity index (χ3v) is 3.76. The highest BCUT2D eigenvalue weighted by atomic mass is 19.1. The van der Waals surface area contributed by atoms with Gasteiger partial charge >= 0.3 is 0 Å². The van der Waals surface area contributed by atoms with E-state index in [-0.39, 0.29) is 28.0 Å². The van der Waals surface area contributed by atoms with E-state index >= 15 is 0 Å². The summed E-state index contributed by atoms with van der Waals surface area (Å²) in [6, 6.07) is 12.7. The van der Waals surface area contributed by atoms with Gasteiger partial charge in [0.1, 0.15) is 23.2 Å². The molecule has 1 amide bonds. The third-order valence-electron chi connectivity index (χ3n) is 3.76. The number of amides is 1. The Hall–Kier alpha value is -3.61. The molecule has 0 saturated carbocycles. The lowest BCUT2D eigenvalue weighted by Gasteiger charge is -2.08. The van der Waals surface area contributed by atoms with Gasteiger partial charge in [-0.2, -0.15) is 5.10 Å². The van der Waals surface area contributed by atoms with Gasteiger partial charge in [-0.05, 0) is 35.9 Å². The van der Waals surface area contributed by atoms with Crippen molar-refractivity contribution in [1.29, 1.82) is 0 Å². The lowest BCUT2D eigenvalue weighted by Crippen LogP contribution is -2.18. The van der Waals surface area contributed by atoms with Crippen LogP contribution in [-0.2, 0) is 0 Å². The molecule has 0 radical (unpaired) electrons. The maximum absolute atomic E-state index is 13.9. The molecule has 0 aliphatic carbocycles. The Bertz CT molecular complexity index is 1040. The summed E-state index contributed by atoms with van der Waals surface area (Å²) in [7, 11) is 0. The van der Waals surface area contributed by atoms with Crippen LogP contribution in [0.15, 0.2) is 65.8 Å². The highest BCUT2D eigenvalue weighted by molar-refractivity contribution is 5.98. The van der Waals surface area contributed by atoms with Crippen molar-refractivity contribution in [2.75, 3.05) is 0 Å². The maximum Gasteiger partial charge on any atom is 0.275 e. The molecule has 0 atom stereocenters. The molecular weight excluding hydrogens is 357 g/mol. The van der Waals surface area contributed by atoms with E-state index in [0.717, 1.165) is 18.3 Å². The van der Waals surface area contributed by atoms with Crippen molar-refractivity contribution in [3.05, 3.63) is 89.2 Å². The van der Waals surface area contributed by atoms with Crippen molar-refractivity contribution >= 4 is 12.1 Å². The molecule has 4 nitrogen and oxygen atoms in total. The number of phenols is 1. The van der Waals surface area contributed by atoms with Crippen molar-refractivity contribution in [3.63, 3.8) is 0 Å². The van der Waals surface area contributed by atoms with Crippen LogP contribution in [0.4, 0.5) is 13.2 Å². The van der Waals surface area contributed by atoms with E-state index in [0.29, 0.717) is 0 Å². The summed E-state index contributed by atoms with van der Waals surface area (Å²) in [5.41, 5.74) is 2.52. The molecule has 0 fully saturated rings. The Labute approximate surface area is 152 Å². The first kappa shape index (κ1) is 18.2. The third kappa shape index (κ3) is 4.14. The van der Waals surface area contributed by atoms with E-state index in [9.17, 15) is 23.1 Å². The molecule has 0 aromatic heterocycles. The van der Waals surface area contributed by atoms with E-state index in [1.54, 1.807) is 6.07 Å². The van der Waals surface area contributed by atoms with E-state index in [4.69, 9.17) is 0 Å². The number of phenolic OH excluding ortho intramolecular Hbond substituents is 1. The molecular formula is C20H13F3N2O2. The molecule has 3 aromatic rings. The quantitative estimate of drug-likeness (QED) is 0.533. The van der Waals surface area contributed by atoms with Gasteiger partial charge < -0.3 is 5.11 Å². The van der Waals surface area contributed by atoms with Crippen molar-refractivity contribution in [1.82, 2.24) is 5.43 Å². The van der Waals surface area contributed by atoms with Gasteiger partial charge in [0.15, 0.2) is 0 Å². The lowest BCUT2D eigenvalue weighted by molar-refractivity contribution is 0.0952. The van der Waals surface area contributed by atoms with Crippen LogP contribution in [0.2, 0.25) is 0 Å². The molecule has 0 spiro atoms. The monoisotopic (exact) mass is 370 g/mol. The zero-order valence-corrected chi connectivity index (χ0v) is 13.8. The molecule has 7 heteroatoms. The Morgan fingerprint density at radius 1 is 0.963 bits per heavy atom. The molecule has 0 aliphatic rings. The number of hydrogen-bond donors (Lipinski definition) is 2. The fourth-order valence-corrected chi connectivity index (χ4v) is 2.41. The van der Waals surface area contributed by atoms with Crippen LogP contribution in [-0.4, -0.2) is 17.2 Å². The molecule has 3 aromatic carbocycles. The van der Waals surface area contributed by atoms with Crippen LogP contribution in [0, 0.1) is 17.5 Å². The number of nitrogens with zero attached hydrogens (tertiary/aromatic N) is 1. The fraction of sp³-hybridized carbons (Fsp3) is 0. The first-order valence-corrected chi connectivity index (χ1v) is 7.82. The zero-order valence-electron chi connectivity index (χ0n) is 13.8. The van der Waals surface area contributed by atoms with E-state index in [2.05, 4.69) is 10.5 Å². The standard InChI is InChI=1S/C20H13F3N2O2/c21-14-6-7-15(18(23)10-14)12-5-8-19(26)16(9-12)20(27)25-24-11-13-3-1-2-4-17(13)22/h1-11,26H,(H,25,27)/b24-11+. The summed E-state index contributed by atoms with van der Waals surface area (Å²) in [5, 5.41) is 13.6. The van der Waals surface area contributed by atoms with Gasteiger partial charge in [-0.1, -0.05) is 24.3 Å². The Morgan fingerprint density at radius 3 is 2.48 bits per heavy atom. The molecule has 0 heterocycles. The highest BCUT2D eigenvalue weighted by Crippen LogP contribution is 2.28. The smallest absolute Gasteiger partial charge is 0.275 e. The Kier molecular flexibility index (Phi) is 5.21. The number of hydrazone groups is 1. The first-order chi connectivity index (χ1) is 13.0. The van der Waals surface area contributed by atoms with Crippen LogP contribution in [0.3, 0.4) is 0 Å². The topological polar surface area (TPSA) is 61.7 Å². The molecule has 136 valence electrons. The van der Waals surface area contributed by atoms with Gasteiger partial charge in [-0.15, -0.1) is 0 Å². The fourth-order valence-electron chi connectivity index (χ4n) is 2.41. The highest BCUT2D eigenvalue weighted by Gasteiger charge is 2.14. The summed E-state index contributed by atoms with van der Waals surface area (Å²) >= 11 is 0. The summed E-state index contributed by atoms with van der Waals surface area (Å²) in [5.74, 6) is -3.16. The number of rotatable bonds is 4. The van der Waals surface area contributed by atoms with Gasteiger partial charge in [0, 0.05) is 17.2 Å². The molecule has 3 rings (SSSR count). The average molecular weight is 370 g/mol. The predicted octanol–water partition coefficient (Wildman–Crippen LogP) is 4.24. The van der Waals surface area contributed by atoms with Crippen LogP contribution >= 0.6 is 0 Å². The number of hydrogen-bond acceptors (Lipinski definition) is 3. The van der Waals surface area contributed by atoms with Gasteiger partial charge in [0.05, 0.1) is 11.8 Å². The van der Waals surface area contributed by atoms with Gasteiger partial charge in [0.25, 0.3) is 5.91 Å². The minimum absolute atomic E-state index is 0.0697. The Morgan fingerprint density at radius 2 is 1.74 bits per heavy atom. The first-order valence-electron chi connectivity index (χ1n) is 7.82. The largest absolute Gasteiger partial charge is 0.507 e. The van der Waals surface area contributed by atoms with Crippen LogP contribution in [0.25, 0.3) is 11.1 Å². The Balaban J connectivity index is 1.83. The number of aromatic hydroxyl groups is 1. The molecule has 0 bridgehead atoms. The number of carbonyl (C=O) groups excluding carboxylic acids is 1. The number of carbonyl (C=O) groups is 1. The minimum atomic E-state index is -0.801. The molecule has 0 aliphatic heterocycles. The SMILES string of the molecule is O=C(N/N=C/c1ccccc1F)c1cc(-c2ccc(F)cc2F)ccc1O. The van der Waals surface area contributed by atoms with Gasteiger partial charge in [0.2, 0.25) is 0 Å². The van der Waals surface area contributed by atoms with Gasteiger partial charge in [-0.25, -0.2) is 18.6 Å². The van der Waals surface area contributed by atoms with Crippen molar-refractivity contribution in [3.8, 4) is 16.9 Å². The second-order valence-corrected chi connectivity index (χ2v) is 5.58. The minimum Gasteiger partial charge on any atom is -0.507 e. The number of halogens is 3. The van der Waals surface area contributed by atoms with Crippen LogP contribution < -0.4 is 5.43 Å². The summed E-state index contributed by atoms with van der Waals surface area (Å²) in [6.45, 7) is 0. The van der Waals surface area contributed by atoms with Crippen LogP contribution in [0.1, 0.15) is 15.9 Å². The van der Waals surface area contributed by atoms with Crippen molar-refractivity contribution in [2.45, 2.75) is 0 Å². The molecule has 0 unspecified atom stereocenters. The molecule has 27 heavy (non-hydrogen) atoms. The van der Waals surface area contributed by atoms with E-state index in [1.165, 1.54) is 42.5 Å². The predicted molar refractivity (Wildman–Crippen MR) is 94.9 cm³/mol. The maximum atomic E-state index is 13.9. The van der Waals surface area contributed by atoms with E-state index < -0.39 is 23.4 Å². The molecule has 0 saturated heterocycles. The van der Waals surface area contributed by atoms with Crippen molar-refractivity contribution < 1.29 is 23.1 Å². The van der Waals surface area contributed by atoms with Gasteiger partial charge in [-0.3, -0.25) is 4.79 Å². The normalized spacial score (nSPS) is 10.9. The number of nitrogens with one attached hydrogen (secondary N) is 1. The second kappa shape index (κ2) is 7.74. The molecule has 2 N–H and O–H groups in total. The lowest BCUT2D eigenvalue weighted by atomic mass is 10.0. The van der Waals surface area contributed by atoms with E-state index in [1.807, 2.05) is 0 Å². The number of benzene rings is 3. The summed E-state index contributed by atoms with van der Waals surface area (Å²) in [6.07, 6.45) is 1.12.